The van der Waals surface area contributed by atoms with Gasteiger partial charge in [0.25, 0.3) is 0 Å². The Morgan fingerprint density at radius 2 is 1.64 bits per heavy atom. The number of nitrogens with zero attached hydrogens (tertiary/aromatic N) is 1. The minimum Gasteiger partial charge on any atom is -0.296 e. The summed E-state index contributed by atoms with van der Waals surface area (Å²) in [4.78, 5) is 28.5. The van der Waals surface area contributed by atoms with Crippen LogP contribution in [0.3, 0.4) is 0 Å². The van der Waals surface area contributed by atoms with Crippen molar-refractivity contribution in [1.82, 2.24) is 5.32 Å². The van der Waals surface area contributed by atoms with E-state index in [1.54, 1.807) is 0 Å². The summed E-state index contributed by atoms with van der Waals surface area (Å²) in [5.41, 5.74) is 0. The SMILES string of the molecule is C[N+](=O)[O-].O=C1CCC(=O)N1. The van der Waals surface area contributed by atoms with E-state index in [1.165, 1.54) is 0 Å². The Hall–Kier alpha value is -1.46. The minimum atomic E-state index is -0.500. The van der Waals surface area contributed by atoms with E-state index < -0.39 is 4.92 Å². The van der Waals surface area contributed by atoms with Gasteiger partial charge in [-0.3, -0.25) is 25.0 Å². The number of carbonyl (C=O) groups is 2. The fourth-order valence-electron chi connectivity index (χ4n) is 0.508. The first-order valence-corrected chi connectivity index (χ1v) is 2.93. The van der Waals surface area contributed by atoms with Crippen molar-refractivity contribution in [1.29, 1.82) is 0 Å². The lowest BCUT2D eigenvalue weighted by molar-refractivity contribution is -0.445. The van der Waals surface area contributed by atoms with Gasteiger partial charge in [0.15, 0.2) is 7.05 Å². The van der Waals surface area contributed by atoms with Crippen LogP contribution in [-0.2, 0) is 9.59 Å². The average molecular weight is 160 g/mol. The van der Waals surface area contributed by atoms with Crippen LogP contribution in [0.5, 0.6) is 0 Å². The molecule has 0 radical (unpaired) electrons. The average Bonchev–Trinajstić information content (AvgIpc) is 2.13. The van der Waals surface area contributed by atoms with Crippen LogP contribution in [0, 0.1) is 10.1 Å². The number of rotatable bonds is 0. The monoisotopic (exact) mass is 160 g/mol. The van der Waals surface area contributed by atoms with Crippen LogP contribution in [0.2, 0.25) is 0 Å². The second-order valence-electron chi connectivity index (χ2n) is 1.91. The summed E-state index contributed by atoms with van der Waals surface area (Å²) in [6, 6.07) is 0. The van der Waals surface area contributed by atoms with Crippen LogP contribution in [0.25, 0.3) is 0 Å². The van der Waals surface area contributed by atoms with E-state index in [9.17, 15) is 9.59 Å². The molecule has 62 valence electrons. The molecule has 1 fully saturated rings. The predicted octanol–water partition coefficient (Wildman–Crippen LogP) is -0.684. The molecule has 0 spiro atoms. The van der Waals surface area contributed by atoms with Gasteiger partial charge in [-0.1, -0.05) is 0 Å². The van der Waals surface area contributed by atoms with Crippen molar-refractivity contribution in [3.63, 3.8) is 0 Å². The van der Waals surface area contributed by atoms with E-state index in [0.29, 0.717) is 12.8 Å². The van der Waals surface area contributed by atoms with Gasteiger partial charge >= 0.3 is 0 Å². The summed E-state index contributed by atoms with van der Waals surface area (Å²) in [5.74, 6) is -0.296. The summed E-state index contributed by atoms with van der Waals surface area (Å²) in [7, 11) is 0.889. The molecule has 0 aromatic rings. The van der Waals surface area contributed by atoms with Gasteiger partial charge in [-0.25, -0.2) is 0 Å². The number of imide groups is 1. The lowest BCUT2D eigenvalue weighted by Crippen LogP contribution is -2.18. The van der Waals surface area contributed by atoms with Crippen molar-refractivity contribution in [2.75, 3.05) is 7.05 Å². The molecule has 2 amide bonds. The third kappa shape index (κ3) is 6.42. The van der Waals surface area contributed by atoms with Gasteiger partial charge in [0, 0.05) is 17.8 Å². The molecule has 0 unspecified atom stereocenters. The first-order chi connectivity index (χ1) is 5.02. The first-order valence-electron chi connectivity index (χ1n) is 2.93. The van der Waals surface area contributed by atoms with Crippen LogP contribution in [0.15, 0.2) is 0 Å². The van der Waals surface area contributed by atoms with Gasteiger partial charge in [0.2, 0.25) is 11.8 Å². The number of hydrogen-bond acceptors (Lipinski definition) is 4. The molecule has 0 bridgehead atoms. The highest BCUT2D eigenvalue weighted by Crippen LogP contribution is 1.95. The molecule has 1 aliphatic rings. The third-order valence-corrected chi connectivity index (χ3v) is 0.858. The van der Waals surface area contributed by atoms with Gasteiger partial charge in [0.1, 0.15) is 0 Å². The van der Waals surface area contributed by atoms with Gasteiger partial charge in [-0.15, -0.1) is 0 Å². The molecule has 1 rings (SSSR count). The summed E-state index contributed by atoms with van der Waals surface area (Å²) in [5, 5.41) is 10.9. The Kier molecular flexibility index (Phi) is 3.79. The minimum absolute atomic E-state index is 0.148. The maximum Gasteiger partial charge on any atom is 0.227 e. The van der Waals surface area contributed by atoms with Gasteiger partial charge in [-0.2, -0.15) is 0 Å². The second kappa shape index (κ2) is 4.37. The van der Waals surface area contributed by atoms with Crippen LogP contribution < -0.4 is 5.32 Å². The Morgan fingerprint density at radius 1 is 1.36 bits per heavy atom. The van der Waals surface area contributed by atoms with Crippen LogP contribution in [0.4, 0.5) is 0 Å². The predicted molar refractivity (Wildman–Crippen MR) is 35.3 cm³/mol. The molecule has 0 aromatic heterocycles. The number of nitrogens with one attached hydrogen (secondary N) is 1. The molecule has 1 N–H and O–H groups in total. The van der Waals surface area contributed by atoms with Gasteiger partial charge in [-0.05, 0) is 0 Å². The molecular weight excluding hydrogens is 152 g/mol. The van der Waals surface area contributed by atoms with Crippen molar-refractivity contribution in [3.05, 3.63) is 10.1 Å². The molecule has 11 heavy (non-hydrogen) atoms. The van der Waals surface area contributed by atoms with Crippen LogP contribution in [-0.4, -0.2) is 23.8 Å². The maximum atomic E-state index is 10.1. The van der Waals surface area contributed by atoms with E-state index >= 15 is 0 Å². The Morgan fingerprint density at radius 3 is 1.73 bits per heavy atom. The molecule has 1 heterocycles. The highest BCUT2D eigenvalue weighted by molar-refractivity contribution is 6.01. The second-order valence-corrected chi connectivity index (χ2v) is 1.91. The highest BCUT2D eigenvalue weighted by Gasteiger charge is 2.15. The summed E-state index contributed by atoms with van der Waals surface area (Å²) >= 11 is 0. The zero-order chi connectivity index (χ0) is 8.85. The van der Waals surface area contributed by atoms with Crippen LogP contribution >= 0.6 is 0 Å². The number of amides is 2. The van der Waals surface area contributed by atoms with Gasteiger partial charge < -0.3 is 0 Å². The highest BCUT2D eigenvalue weighted by atomic mass is 16.6. The first kappa shape index (κ1) is 9.54. The lowest BCUT2D eigenvalue weighted by Gasteiger charge is -1.79. The Labute approximate surface area is 62.7 Å². The normalized spacial score (nSPS) is 15.0. The lowest BCUT2D eigenvalue weighted by atomic mass is 10.4. The zero-order valence-electron chi connectivity index (χ0n) is 5.99. The fourth-order valence-corrected chi connectivity index (χ4v) is 0.508. The van der Waals surface area contributed by atoms with E-state index in [1.807, 2.05) is 0 Å². The van der Waals surface area contributed by atoms with E-state index in [2.05, 4.69) is 5.32 Å². The number of hydrogen-bond donors (Lipinski definition) is 1. The fraction of sp³-hybridized carbons (Fsp3) is 0.600. The van der Waals surface area contributed by atoms with Gasteiger partial charge in [0.05, 0.1) is 0 Å². The number of carbonyl (C=O) groups excluding carboxylic acids is 2. The molecule has 6 nitrogen and oxygen atoms in total. The Balaban J connectivity index is 0.000000218. The molecule has 0 aliphatic carbocycles. The van der Waals surface area contributed by atoms with Crippen molar-refractivity contribution in [2.45, 2.75) is 12.8 Å². The Bertz CT molecular complexity index is 171. The molecular formula is C5H8N2O4. The summed E-state index contributed by atoms with van der Waals surface area (Å²) < 4.78 is 0. The third-order valence-electron chi connectivity index (χ3n) is 0.858. The standard InChI is InChI=1S/C4H5NO2.CH3NO2/c6-3-1-2-4(7)5-3;1-2(3)4/h1-2H2,(H,5,6,7);1H3. The molecule has 0 aromatic carbocycles. The zero-order valence-corrected chi connectivity index (χ0v) is 5.99. The molecule has 1 saturated heterocycles. The summed E-state index contributed by atoms with van der Waals surface area (Å²) in [6.07, 6.45) is 0.748. The van der Waals surface area contributed by atoms with E-state index in [0.717, 1.165) is 7.05 Å². The van der Waals surface area contributed by atoms with E-state index in [4.69, 9.17) is 10.1 Å². The number of nitro groups is 1. The van der Waals surface area contributed by atoms with Crippen LogP contribution in [0.1, 0.15) is 12.8 Å². The van der Waals surface area contributed by atoms with E-state index in [-0.39, 0.29) is 11.8 Å². The van der Waals surface area contributed by atoms with Crippen molar-refractivity contribution in [3.8, 4) is 0 Å². The quantitative estimate of drug-likeness (QED) is 0.288. The van der Waals surface area contributed by atoms with Crippen molar-refractivity contribution >= 4 is 11.8 Å². The maximum absolute atomic E-state index is 10.1. The summed E-state index contributed by atoms with van der Waals surface area (Å²) in [6.45, 7) is 0. The molecule has 6 heteroatoms. The largest absolute Gasteiger partial charge is 0.296 e. The molecule has 0 atom stereocenters. The molecule has 1 aliphatic heterocycles. The van der Waals surface area contributed by atoms with Crippen molar-refractivity contribution in [2.24, 2.45) is 0 Å². The molecule has 0 saturated carbocycles. The topological polar surface area (TPSA) is 89.3 Å². The van der Waals surface area contributed by atoms with Crippen molar-refractivity contribution < 1.29 is 14.5 Å². The smallest absolute Gasteiger partial charge is 0.227 e.